The van der Waals surface area contributed by atoms with Crippen molar-refractivity contribution in [2.75, 3.05) is 0 Å². The number of fused-ring (bicyclic) bond motifs is 8. The molecule has 0 aliphatic heterocycles. The van der Waals surface area contributed by atoms with Gasteiger partial charge >= 0.3 is 0 Å². The number of nitrogens with one attached hydrogen (secondary N) is 4. The minimum absolute atomic E-state index is 0.485. The number of aromatic amines is 4. The zero-order valence-corrected chi connectivity index (χ0v) is 79.1. The van der Waals surface area contributed by atoms with Gasteiger partial charge in [0, 0.05) is 141 Å². The number of aromatic nitrogens is 13. The zero-order valence-electron chi connectivity index (χ0n) is 78.3. The second-order valence-electron chi connectivity index (χ2n) is 34.9. The first kappa shape index (κ1) is 97.2. The lowest BCUT2D eigenvalue weighted by Crippen LogP contribution is -1.91. The Balaban J connectivity index is 0.000000157. The molecule has 0 unspecified atom stereocenters. The number of rotatable bonds is 11. The molecule has 652 valence electrons. The minimum Gasteiger partial charge on any atom is -0.361 e. The van der Waals surface area contributed by atoms with Gasteiger partial charge in [0.15, 0.2) is 0 Å². The minimum atomic E-state index is 0.485. The van der Waals surface area contributed by atoms with Gasteiger partial charge in [-0.15, -0.1) is 11.3 Å². The second kappa shape index (κ2) is 49.7. The lowest BCUT2D eigenvalue weighted by atomic mass is 9.98. The van der Waals surface area contributed by atoms with Gasteiger partial charge in [-0.1, -0.05) is 274 Å². The molecule has 19 aromatic rings. The largest absolute Gasteiger partial charge is 0.361 e. The summed E-state index contributed by atoms with van der Waals surface area (Å²) < 4.78 is 0. The number of nitrogens with zero attached hydrogens (tertiary/aromatic N) is 9. The van der Waals surface area contributed by atoms with Crippen LogP contribution in [-0.4, -0.2) is 64.8 Å². The Morgan fingerprint density at radius 3 is 1.33 bits per heavy atom. The van der Waals surface area contributed by atoms with Gasteiger partial charge in [0.25, 0.3) is 0 Å². The Morgan fingerprint density at radius 2 is 0.730 bits per heavy atom. The van der Waals surface area contributed by atoms with Crippen LogP contribution in [0.5, 0.6) is 0 Å². The molecule has 0 aliphatic carbocycles. The molecule has 0 saturated carbocycles. The SMILES string of the molecule is CC(C)c1ccc2[nH]ccc2c1.CC(C)c1ccc2cc[nH]c2c1.CC(C)c1ccc2cccnc2c1.CC(C)c1ccc2ncccc2c1.CC(C)c1cccc2[nH]ccc12.CC(C)c1cccc2cc[nH]c12.CC(C)c1cccc2cccnc12.CC(C)c1cccc2ncccc12.CC(C)c1cnccn1.CC(C)c1cncnc1.CC(C)c1cncs1. The van der Waals surface area contributed by atoms with E-state index in [2.05, 4.69) is 411 Å². The maximum atomic E-state index is 4.40. The van der Waals surface area contributed by atoms with Crippen LogP contribution in [0.2, 0.25) is 0 Å². The lowest BCUT2D eigenvalue weighted by molar-refractivity contribution is 0.812. The smallest absolute Gasteiger partial charge is 0.115 e. The number of pyridine rings is 4. The average Bonchev–Trinajstić information content (AvgIpc) is 1.39. The highest BCUT2D eigenvalue weighted by Crippen LogP contribution is 2.30. The van der Waals surface area contributed by atoms with Gasteiger partial charge < -0.3 is 19.9 Å². The highest BCUT2D eigenvalue weighted by Gasteiger charge is 2.11. The van der Waals surface area contributed by atoms with Crippen molar-refractivity contribution in [3.05, 3.63) is 378 Å². The molecule has 0 atom stereocenters. The van der Waals surface area contributed by atoms with Crippen LogP contribution >= 0.6 is 11.3 Å². The summed E-state index contributed by atoms with van der Waals surface area (Å²) in [4.78, 5) is 51.4. The summed E-state index contributed by atoms with van der Waals surface area (Å²) in [5.41, 5.74) is 24.6. The number of para-hydroxylation sites is 2. The van der Waals surface area contributed by atoms with Crippen molar-refractivity contribution < 1.29 is 0 Å². The van der Waals surface area contributed by atoms with E-state index in [1.54, 1.807) is 36.3 Å². The predicted molar refractivity (Wildman–Crippen MR) is 541 cm³/mol. The van der Waals surface area contributed by atoms with Gasteiger partial charge in [-0.25, -0.2) is 9.97 Å². The summed E-state index contributed by atoms with van der Waals surface area (Å²) in [7, 11) is 0. The van der Waals surface area contributed by atoms with Crippen molar-refractivity contribution in [1.29, 1.82) is 0 Å². The van der Waals surface area contributed by atoms with Crippen LogP contribution in [0, 0.1) is 0 Å². The number of thiazole rings is 1. The van der Waals surface area contributed by atoms with Gasteiger partial charge in [0.05, 0.1) is 33.3 Å². The monoisotopic (exact) mass is 1690 g/mol. The van der Waals surface area contributed by atoms with E-state index in [4.69, 9.17) is 0 Å². The van der Waals surface area contributed by atoms with Gasteiger partial charge in [0.1, 0.15) is 6.33 Å². The van der Waals surface area contributed by atoms with Gasteiger partial charge in [-0.05, 0) is 228 Å². The fourth-order valence-corrected chi connectivity index (χ4v) is 14.5. The third-order valence-electron chi connectivity index (χ3n) is 21.6. The molecule has 11 heterocycles. The van der Waals surface area contributed by atoms with Crippen LogP contribution in [-0.2, 0) is 0 Å². The number of hydrogen-bond donors (Lipinski definition) is 4. The molecule has 19 rings (SSSR count). The number of hydrogen-bond acceptors (Lipinski definition) is 10. The summed E-state index contributed by atoms with van der Waals surface area (Å²) in [6.07, 6.45) is 27.7. The van der Waals surface area contributed by atoms with Crippen molar-refractivity contribution >= 4 is 98.6 Å². The van der Waals surface area contributed by atoms with Crippen molar-refractivity contribution in [1.82, 2.24) is 64.8 Å². The summed E-state index contributed by atoms with van der Waals surface area (Å²) in [6, 6.07) is 76.4. The van der Waals surface area contributed by atoms with Crippen molar-refractivity contribution in [3.63, 3.8) is 0 Å². The van der Waals surface area contributed by atoms with E-state index in [-0.39, 0.29) is 0 Å². The van der Waals surface area contributed by atoms with Crippen LogP contribution in [0.4, 0.5) is 0 Å². The summed E-state index contributed by atoms with van der Waals surface area (Å²) in [6.45, 7) is 48.2. The Labute approximate surface area is 753 Å². The molecule has 8 aromatic carbocycles. The predicted octanol–water partition coefficient (Wildman–Crippen LogP) is 32.1. The average molecular weight is 1690 g/mol. The molecule has 11 aromatic heterocycles. The fourth-order valence-electron chi connectivity index (χ4n) is 13.9. The second-order valence-corrected chi connectivity index (χ2v) is 35.8. The van der Waals surface area contributed by atoms with E-state index in [0.717, 1.165) is 27.8 Å². The van der Waals surface area contributed by atoms with Crippen LogP contribution in [0.1, 0.15) is 278 Å². The van der Waals surface area contributed by atoms with Crippen LogP contribution in [0.25, 0.3) is 87.2 Å². The topological polar surface area (TPSA) is 179 Å². The highest BCUT2D eigenvalue weighted by atomic mass is 32.1. The molecule has 0 fully saturated rings. The summed E-state index contributed by atoms with van der Waals surface area (Å²) >= 11 is 1.72. The molecule has 14 heteroatoms. The number of H-pyrrole nitrogens is 4. The first-order chi connectivity index (χ1) is 60.6. The van der Waals surface area contributed by atoms with E-state index >= 15 is 0 Å². The highest BCUT2D eigenvalue weighted by molar-refractivity contribution is 7.09. The molecule has 0 saturated heterocycles. The Bertz CT molecular complexity index is 5940. The van der Waals surface area contributed by atoms with E-state index in [1.807, 2.05) is 97.9 Å². The molecule has 0 spiro atoms. The third-order valence-corrected chi connectivity index (χ3v) is 22.7. The Hall–Kier alpha value is -12.7. The molecule has 0 aliphatic rings. The maximum Gasteiger partial charge on any atom is 0.115 e. The molecular formula is C112H133N13S. The molecule has 126 heavy (non-hydrogen) atoms. The van der Waals surface area contributed by atoms with Gasteiger partial charge in [0.2, 0.25) is 0 Å². The van der Waals surface area contributed by atoms with Crippen LogP contribution in [0.3, 0.4) is 0 Å². The van der Waals surface area contributed by atoms with Gasteiger partial charge in [-0.2, -0.15) is 0 Å². The van der Waals surface area contributed by atoms with Crippen molar-refractivity contribution in [2.24, 2.45) is 0 Å². The zero-order chi connectivity index (χ0) is 90.6. The summed E-state index contributed by atoms with van der Waals surface area (Å²) in [5, 5.41) is 10.2. The molecular weight excluding hydrogens is 1560 g/mol. The quantitative estimate of drug-likeness (QED) is 0.0980. The Kier molecular flexibility index (Phi) is 38.4. The Morgan fingerprint density at radius 1 is 0.246 bits per heavy atom. The molecule has 13 nitrogen and oxygen atoms in total. The number of benzene rings is 8. The van der Waals surface area contributed by atoms with Crippen molar-refractivity contribution in [3.8, 4) is 0 Å². The van der Waals surface area contributed by atoms with Crippen LogP contribution in [0.15, 0.2) is 317 Å². The van der Waals surface area contributed by atoms with E-state index in [0.29, 0.717) is 65.1 Å². The van der Waals surface area contributed by atoms with Gasteiger partial charge in [-0.3, -0.25) is 34.9 Å². The molecule has 0 bridgehead atoms. The normalized spacial score (nSPS) is 10.9. The maximum absolute atomic E-state index is 4.40. The van der Waals surface area contributed by atoms with Crippen molar-refractivity contribution in [2.45, 2.75) is 217 Å². The van der Waals surface area contributed by atoms with E-state index in [9.17, 15) is 0 Å². The van der Waals surface area contributed by atoms with Crippen LogP contribution < -0.4 is 0 Å². The molecule has 4 N–H and O–H groups in total. The first-order valence-electron chi connectivity index (χ1n) is 44.7. The van der Waals surface area contributed by atoms with E-state index < -0.39 is 0 Å². The third kappa shape index (κ3) is 29.5. The molecule has 0 radical (unpaired) electrons. The fraction of sp³-hybridized carbons (Fsp3) is 0.295. The van der Waals surface area contributed by atoms with E-state index in [1.165, 1.54) is 120 Å². The lowest BCUT2D eigenvalue weighted by Gasteiger charge is -2.08. The first-order valence-corrected chi connectivity index (χ1v) is 45.6. The standard InChI is InChI=1S/4C12H13N.4C11H13N.2C7H10N2.C6H9NS/c1-9(2)10-5-3-7-12-11(10)6-4-8-13-12;1-9(2)11-7-3-5-10-6-4-8-13-12(10)11;1-9(2)10-5-6-12-11(8-10)4-3-7-13-12;1-9(2)11-6-5-10-4-3-7-13-12(10)8-11;1-8(2)9-3-4-11-10(7-9)5-6-12-11;1-8(2)10-4-3-9-5-6-12-11(9)7-10;1-8(2)9-4-3-5-11-10(9)6-7-12-11;1-8(2)10-5-3-4-9-6-7-12-11(9)10;1-6(2)7-3-8-5-9-4-7;1-6(2)7-5-8-3-4-9-7;1-5(2)6-3-7-4-8-6/h4*3-9H,1-2H3;4*3-8,12H,1-2H3;2*3-6H,1-2H3;3-5H,1-2H3. The summed E-state index contributed by atoms with van der Waals surface area (Å²) in [5.74, 6) is 6.34. The molecule has 0 amide bonds.